The smallest absolute Gasteiger partial charge is 0.410 e. The molecule has 0 N–H and O–H groups in total. The first-order valence-corrected chi connectivity index (χ1v) is 8.44. The monoisotopic (exact) mass is 341 g/mol. The lowest BCUT2D eigenvalue weighted by molar-refractivity contribution is -0.123. The third kappa shape index (κ3) is 4.07. The van der Waals surface area contributed by atoms with Gasteiger partial charge in [0.2, 0.25) is 0 Å². The summed E-state index contributed by atoms with van der Waals surface area (Å²) in [7, 11) is 0. The van der Waals surface area contributed by atoms with Crippen molar-refractivity contribution in [3.05, 3.63) is 48.3 Å². The average molecular weight is 341 g/mol. The van der Waals surface area contributed by atoms with E-state index >= 15 is 0 Å². The van der Waals surface area contributed by atoms with Crippen LogP contribution in [-0.4, -0.2) is 45.2 Å². The maximum absolute atomic E-state index is 12.4. The molecule has 6 nitrogen and oxygen atoms in total. The van der Waals surface area contributed by atoms with Crippen LogP contribution in [0.3, 0.4) is 0 Å². The van der Waals surface area contributed by atoms with Crippen molar-refractivity contribution >= 4 is 11.9 Å². The number of likely N-dealkylation sites (tertiary alicyclic amines) is 1. The van der Waals surface area contributed by atoms with Crippen LogP contribution in [-0.2, 0) is 9.53 Å². The van der Waals surface area contributed by atoms with E-state index in [1.54, 1.807) is 15.8 Å². The van der Waals surface area contributed by atoms with Crippen molar-refractivity contribution in [1.82, 2.24) is 14.7 Å². The number of hydrogen-bond donors (Lipinski definition) is 0. The third-order valence-corrected chi connectivity index (χ3v) is 4.14. The van der Waals surface area contributed by atoms with Crippen molar-refractivity contribution in [3.63, 3.8) is 0 Å². The fourth-order valence-corrected chi connectivity index (χ4v) is 2.90. The van der Waals surface area contributed by atoms with Gasteiger partial charge in [0.25, 0.3) is 0 Å². The standard InChI is InChI=1S/C19H23N3O3/c1-19(2,3)25-18(24)21-12-9-17(23)16(13-21)14-5-7-15(8-6-14)22-11-4-10-20-22/h4-8,10-11,16H,9,12-13H2,1-3H3. The number of rotatable bonds is 2. The number of carbonyl (C=O) groups excluding carboxylic acids is 2. The Kier molecular flexibility index (Phi) is 4.61. The molecular weight excluding hydrogens is 318 g/mol. The number of amides is 1. The van der Waals surface area contributed by atoms with Crippen LogP contribution in [0.1, 0.15) is 38.7 Å². The molecule has 1 fully saturated rings. The molecule has 1 amide bonds. The van der Waals surface area contributed by atoms with Crippen LogP contribution in [0.25, 0.3) is 5.69 Å². The van der Waals surface area contributed by atoms with Crippen LogP contribution in [0.15, 0.2) is 42.7 Å². The molecule has 25 heavy (non-hydrogen) atoms. The summed E-state index contributed by atoms with van der Waals surface area (Å²) >= 11 is 0. The van der Waals surface area contributed by atoms with E-state index in [9.17, 15) is 9.59 Å². The van der Waals surface area contributed by atoms with Crippen LogP contribution in [0, 0.1) is 0 Å². The van der Waals surface area contributed by atoms with E-state index in [4.69, 9.17) is 4.74 Å². The Labute approximate surface area is 147 Å². The van der Waals surface area contributed by atoms with Gasteiger partial charge in [-0.15, -0.1) is 0 Å². The Morgan fingerprint density at radius 1 is 1.24 bits per heavy atom. The maximum atomic E-state index is 12.4. The first-order valence-electron chi connectivity index (χ1n) is 8.44. The zero-order valence-corrected chi connectivity index (χ0v) is 14.8. The molecule has 1 atom stereocenters. The molecule has 1 saturated heterocycles. The molecule has 0 saturated carbocycles. The largest absolute Gasteiger partial charge is 0.444 e. The number of piperidine rings is 1. The lowest BCUT2D eigenvalue weighted by atomic mass is 9.89. The molecule has 1 aromatic heterocycles. The second-order valence-electron chi connectivity index (χ2n) is 7.24. The SMILES string of the molecule is CC(C)(C)OC(=O)N1CCC(=O)C(c2ccc(-n3cccn3)cc2)C1. The van der Waals surface area contributed by atoms with Crippen LogP contribution >= 0.6 is 0 Å². The highest BCUT2D eigenvalue weighted by Crippen LogP contribution is 2.26. The summed E-state index contributed by atoms with van der Waals surface area (Å²) in [5, 5.41) is 4.19. The fourth-order valence-electron chi connectivity index (χ4n) is 2.90. The Bertz CT molecular complexity index is 745. The minimum atomic E-state index is -0.542. The summed E-state index contributed by atoms with van der Waals surface area (Å²) in [5.41, 5.74) is 1.30. The number of carbonyl (C=O) groups is 2. The summed E-state index contributed by atoms with van der Waals surface area (Å²) in [4.78, 5) is 26.3. The second-order valence-corrected chi connectivity index (χ2v) is 7.24. The van der Waals surface area contributed by atoms with E-state index in [1.165, 1.54) is 0 Å². The molecule has 1 unspecified atom stereocenters. The molecule has 0 spiro atoms. The number of ether oxygens (including phenoxy) is 1. The summed E-state index contributed by atoms with van der Waals surface area (Å²) < 4.78 is 7.19. The van der Waals surface area contributed by atoms with Crippen molar-refractivity contribution in [3.8, 4) is 5.69 Å². The highest BCUT2D eigenvalue weighted by atomic mass is 16.6. The molecule has 2 aromatic rings. The number of hydrogen-bond acceptors (Lipinski definition) is 4. The first kappa shape index (κ1) is 17.2. The zero-order chi connectivity index (χ0) is 18.0. The van der Waals surface area contributed by atoms with Crippen LogP contribution in [0.5, 0.6) is 0 Å². The molecular formula is C19H23N3O3. The van der Waals surface area contributed by atoms with Gasteiger partial charge in [-0.05, 0) is 44.5 Å². The fraction of sp³-hybridized carbons (Fsp3) is 0.421. The van der Waals surface area contributed by atoms with E-state index in [1.807, 2.05) is 57.3 Å². The molecule has 1 aromatic carbocycles. The number of benzene rings is 1. The third-order valence-electron chi connectivity index (χ3n) is 4.14. The minimum Gasteiger partial charge on any atom is -0.444 e. The van der Waals surface area contributed by atoms with E-state index in [2.05, 4.69) is 5.10 Å². The second kappa shape index (κ2) is 6.70. The molecule has 6 heteroatoms. The van der Waals surface area contributed by atoms with Gasteiger partial charge in [0.05, 0.1) is 11.6 Å². The van der Waals surface area contributed by atoms with Gasteiger partial charge in [-0.1, -0.05) is 12.1 Å². The van der Waals surface area contributed by atoms with Crippen molar-refractivity contribution in [2.24, 2.45) is 0 Å². The average Bonchev–Trinajstić information content (AvgIpc) is 3.08. The lowest BCUT2D eigenvalue weighted by Crippen LogP contribution is -2.45. The lowest BCUT2D eigenvalue weighted by Gasteiger charge is -2.33. The summed E-state index contributed by atoms with van der Waals surface area (Å²) in [6, 6.07) is 9.58. The predicted molar refractivity (Wildman–Crippen MR) is 93.7 cm³/mol. The molecule has 2 heterocycles. The van der Waals surface area contributed by atoms with E-state index in [-0.39, 0.29) is 17.8 Å². The van der Waals surface area contributed by atoms with Crippen molar-refractivity contribution < 1.29 is 14.3 Å². The van der Waals surface area contributed by atoms with Gasteiger partial charge in [0.1, 0.15) is 11.4 Å². The predicted octanol–water partition coefficient (Wildman–Crippen LogP) is 3.17. The molecule has 3 rings (SSSR count). The van der Waals surface area contributed by atoms with Crippen molar-refractivity contribution in [1.29, 1.82) is 0 Å². The van der Waals surface area contributed by atoms with E-state index < -0.39 is 5.60 Å². The molecule has 132 valence electrons. The normalized spacial score (nSPS) is 18.3. The molecule has 0 radical (unpaired) electrons. The molecule has 1 aliphatic heterocycles. The number of Topliss-reactive ketones (excluding diaryl/α,β-unsaturated/α-hetero) is 1. The van der Waals surface area contributed by atoms with E-state index in [0.29, 0.717) is 19.5 Å². The van der Waals surface area contributed by atoms with Gasteiger partial charge >= 0.3 is 6.09 Å². The van der Waals surface area contributed by atoms with Crippen LogP contribution < -0.4 is 0 Å². The Hall–Kier alpha value is -2.63. The van der Waals surface area contributed by atoms with Crippen molar-refractivity contribution in [2.45, 2.75) is 38.7 Å². The molecule has 1 aliphatic rings. The minimum absolute atomic E-state index is 0.159. The van der Waals surface area contributed by atoms with Gasteiger partial charge < -0.3 is 9.64 Å². The maximum Gasteiger partial charge on any atom is 0.410 e. The topological polar surface area (TPSA) is 64.4 Å². The first-order chi connectivity index (χ1) is 11.8. The van der Waals surface area contributed by atoms with Gasteiger partial charge in [-0.2, -0.15) is 5.10 Å². The zero-order valence-electron chi connectivity index (χ0n) is 14.8. The van der Waals surface area contributed by atoms with Gasteiger partial charge in [-0.3, -0.25) is 4.79 Å². The Balaban J connectivity index is 1.74. The summed E-state index contributed by atoms with van der Waals surface area (Å²) in [6.45, 7) is 6.28. The number of aromatic nitrogens is 2. The van der Waals surface area contributed by atoms with Gasteiger partial charge in [-0.25, -0.2) is 9.48 Å². The van der Waals surface area contributed by atoms with Gasteiger partial charge in [0.15, 0.2) is 0 Å². The van der Waals surface area contributed by atoms with Crippen LogP contribution in [0.2, 0.25) is 0 Å². The summed E-state index contributed by atoms with van der Waals surface area (Å²) in [6.07, 6.45) is 3.57. The van der Waals surface area contributed by atoms with Crippen molar-refractivity contribution in [2.75, 3.05) is 13.1 Å². The molecule has 0 bridgehead atoms. The highest BCUT2D eigenvalue weighted by molar-refractivity contribution is 5.88. The number of nitrogens with zero attached hydrogens (tertiary/aromatic N) is 3. The summed E-state index contributed by atoms with van der Waals surface area (Å²) in [5.74, 6) is -0.153. The Morgan fingerprint density at radius 3 is 2.56 bits per heavy atom. The van der Waals surface area contributed by atoms with Gasteiger partial charge in [0, 0.05) is 31.9 Å². The molecule has 0 aliphatic carbocycles. The quantitative estimate of drug-likeness (QED) is 0.842. The van der Waals surface area contributed by atoms with Crippen LogP contribution in [0.4, 0.5) is 4.79 Å². The van der Waals surface area contributed by atoms with E-state index in [0.717, 1.165) is 11.3 Å². The number of ketones is 1. The highest BCUT2D eigenvalue weighted by Gasteiger charge is 2.33. The Morgan fingerprint density at radius 2 is 1.96 bits per heavy atom.